The number of amides is 2. The van der Waals surface area contributed by atoms with Crippen LogP contribution >= 0.6 is 11.6 Å². The third-order valence-corrected chi connectivity index (χ3v) is 7.30. The van der Waals surface area contributed by atoms with Gasteiger partial charge in [0.2, 0.25) is 5.91 Å². The summed E-state index contributed by atoms with van der Waals surface area (Å²) in [5.41, 5.74) is 3.44. The fourth-order valence-electron chi connectivity index (χ4n) is 3.33. The Bertz CT molecular complexity index is 1380. The Morgan fingerprint density at radius 1 is 0.853 bits per heavy atom. The average molecular weight is 498 g/mol. The van der Waals surface area contributed by atoms with Gasteiger partial charge < -0.3 is 10.6 Å². The zero-order valence-corrected chi connectivity index (χ0v) is 20.3. The molecule has 0 aliphatic heterocycles. The number of carbonyl (C=O) groups excluding carboxylic acids is 2. The average Bonchev–Trinajstić information content (AvgIpc) is 3.62. The van der Waals surface area contributed by atoms with Crippen molar-refractivity contribution in [2.75, 3.05) is 15.4 Å². The highest BCUT2D eigenvalue weighted by Crippen LogP contribution is 2.30. The van der Waals surface area contributed by atoms with Gasteiger partial charge in [-0.3, -0.25) is 14.3 Å². The van der Waals surface area contributed by atoms with Crippen molar-refractivity contribution in [1.82, 2.24) is 0 Å². The molecule has 0 heterocycles. The molecule has 0 aromatic heterocycles. The molecule has 2 amide bonds. The molecule has 3 aromatic rings. The molecule has 1 saturated carbocycles. The van der Waals surface area contributed by atoms with Crippen molar-refractivity contribution in [3.8, 4) is 0 Å². The number of nitrogens with one attached hydrogen (secondary N) is 3. The molecule has 0 radical (unpaired) electrons. The molecule has 9 heteroatoms. The van der Waals surface area contributed by atoms with Crippen LogP contribution in [0.5, 0.6) is 0 Å². The first-order chi connectivity index (χ1) is 16.1. The molecule has 1 aliphatic carbocycles. The summed E-state index contributed by atoms with van der Waals surface area (Å²) >= 11 is 6.21. The third kappa shape index (κ3) is 5.58. The Morgan fingerprint density at radius 2 is 1.56 bits per heavy atom. The van der Waals surface area contributed by atoms with Crippen LogP contribution in [0.3, 0.4) is 0 Å². The first-order valence-corrected chi connectivity index (χ1v) is 12.6. The second-order valence-corrected chi connectivity index (χ2v) is 10.4. The number of rotatable bonds is 7. The lowest BCUT2D eigenvalue weighted by Gasteiger charge is -2.12. The lowest BCUT2D eigenvalue weighted by molar-refractivity contribution is -0.117. The molecule has 3 N–H and O–H groups in total. The minimum atomic E-state index is -3.95. The SMILES string of the molecule is Cc1ccc(NS(=O)(=O)c2ccc(Cl)c(C(=O)Nc3cccc(NC(=O)C4CC4)c3)c2)cc1C. The van der Waals surface area contributed by atoms with Crippen LogP contribution in [0.15, 0.2) is 65.6 Å². The van der Waals surface area contributed by atoms with E-state index in [0.717, 1.165) is 24.0 Å². The summed E-state index contributed by atoms with van der Waals surface area (Å²) in [7, 11) is -3.95. The van der Waals surface area contributed by atoms with E-state index in [1.807, 2.05) is 19.9 Å². The molecule has 4 rings (SSSR count). The minimum Gasteiger partial charge on any atom is -0.326 e. The minimum absolute atomic E-state index is 0.0112. The number of sulfonamides is 1. The van der Waals surface area contributed by atoms with E-state index in [0.29, 0.717) is 17.1 Å². The number of hydrogen-bond acceptors (Lipinski definition) is 4. The van der Waals surface area contributed by atoms with Gasteiger partial charge in [0.05, 0.1) is 15.5 Å². The molecule has 0 atom stereocenters. The number of carbonyl (C=O) groups is 2. The van der Waals surface area contributed by atoms with Crippen molar-refractivity contribution in [3.63, 3.8) is 0 Å². The molecular formula is C25H24ClN3O4S. The van der Waals surface area contributed by atoms with Gasteiger partial charge in [-0.05, 0) is 86.3 Å². The van der Waals surface area contributed by atoms with Gasteiger partial charge in [-0.25, -0.2) is 8.42 Å². The van der Waals surface area contributed by atoms with E-state index >= 15 is 0 Å². The smallest absolute Gasteiger partial charge is 0.261 e. The Morgan fingerprint density at radius 3 is 2.24 bits per heavy atom. The maximum atomic E-state index is 12.9. The van der Waals surface area contributed by atoms with E-state index in [9.17, 15) is 18.0 Å². The van der Waals surface area contributed by atoms with Crippen molar-refractivity contribution in [3.05, 3.63) is 82.4 Å². The van der Waals surface area contributed by atoms with Crippen LogP contribution in [0.1, 0.15) is 34.3 Å². The molecular weight excluding hydrogens is 474 g/mol. The van der Waals surface area contributed by atoms with Crippen molar-refractivity contribution >= 4 is 50.5 Å². The predicted octanol–water partition coefficient (Wildman–Crippen LogP) is 5.36. The van der Waals surface area contributed by atoms with Gasteiger partial charge in [0.15, 0.2) is 0 Å². The molecule has 3 aromatic carbocycles. The molecule has 176 valence electrons. The Labute approximate surface area is 203 Å². The zero-order valence-electron chi connectivity index (χ0n) is 18.7. The van der Waals surface area contributed by atoms with Gasteiger partial charge in [-0.1, -0.05) is 23.7 Å². The fourth-order valence-corrected chi connectivity index (χ4v) is 4.61. The maximum absolute atomic E-state index is 12.9. The Hall–Kier alpha value is -3.36. The maximum Gasteiger partial charge on any atom is 0.261 e. The van der Waals surface area contributed by atoms with E-state index in [-0.39, 0.29) is 27.3 Å². The number of aryl methyl sites for hydroxylation is 2. The molecule has 1 aliphatic rings. The van der Waals surface area contributed by atoms with Crippen LogP contribution in [0, 0.1) is 19.8 Å². The molecule has 0 spiro atoms. The first kappa shape index (κ1) is 23.8. The second-order valence-electron chi connectivity index (χ2n) is 8.34. The summed E-state index contributed by atoms with van der Waals surface area (Å²) in [5.74, 6) is -0.557. The summed E-state index contributed by atoms with van der Waals surface area (Å²) in [5, 5.41) is 5.65. The predicted molar refractivity (Wildman–Crippen MR) is 134 cm³/mol. The third-order valence-electron chi connectivity index (χ3n) is 5.59. The molecule has 34 heavy (non-hydrogen) atoms. The lowest BCUT2D eigenvalue weighted by atomic mass is 10.1. The number of benzene rings is 3. The molecule has 0 saturated heterocycles. The number of halogens is 1. The summed E-state index contributed by atoms with van der Waals surface area (Å²) in [6, 6.07) is 15.9. The molecule has 1 fully saturated rings. The molecule has 0 bridgehead atoms. The summed E-state index contributed by atoms with van der Waals surface area (Å²) in [4.78, 5) is 24.8. The highest BCUT2D eigenvalue weighted by atomic mass is 35.5. The quantitative estimate of drug-likeness (QED) is 0.408. The first-order valence-electron chi connectivity index (χ1n) is 10.7. The summed E-state index contributed by atoms with van der Waals surface area (Å²) < 4.78 is 28.4. The second kappa shape index (κ2) is 9.48. The van der Waals surface area contributed by atoms with Crippen LogP contribution in [0.2, 0.25) is 5.02 Å². The van der Waals surface area contributed by atoms with Gasteiger partial charge >= 0.3 is 0 Å². The van der Waals surface area contributed by atoms with Crippen LogP contribution < -0.4 is 15.4 Å². The van der Waals surface area contributed by atoms with Crippen LogP contribution in [0.25, 0.3) is 0 Å². The molecule has 7 nitrogen and oxygen atoms in total. The van der Waals surface area contributed by atoms with E-state index in [4.69, 9.17) is 11.6 Å². The summed E-state index contributed by atoms with van der Waals surface area (Å²) in [6.45, 7) is 3.83. The van der Waals surface area contributed by atoms with Crippen molar-refractivity contribution < 1.29 is 18.0 Å². The van der Waals surface area contributed by atoms with Gasteiger partial charge in [-0.15, -0.1) is 0 Å². The lowest BCUT2D eigenvalue weighted by Crippen LogP contribution is -2.17. The normalized spacial score (nSPS) is 13.3. The van der Waals surface area contributed by atoms with Crippen molar-refractivity contribution in [1.29, 1.82) is 0 Å². The van der Waals surface area contributed by atoms with Crippen LogP contribution in [-0.2, 0) is 14.8 Å². The van der Waals surface area contributed by atoms with Gasteiger partial charge in [-0.2, -0.15) is 0 Å². The van der Waals surface area contributed by atoms with E-state index in [1.165, 1.54) is 18.2 Å². The van der Waals surface area contributed by atoms with Gasteiger partial charge in [0, 0.05) is 23.0 Å². The number of hydrogen-bond donors (Lipinski definition) is 3. The highest BCUT2D eigenvalue weighted by Gasteiger charge is 2.29. The van der Waals surface area contributed by atoms with Crippen molar-refractivity contribution in [2.24, 2.45) is 5.92 Å². The monoisotopic (exact) mass is 497 g/mol. The number of anilines is 3. The van der Waals surface area contributed by atoms with Gasteiger partial charge in [0.1, 0.15) is 0 Å². The van der Waals surface area contributed by atoms with E-state index in [2.05, 4.69) is 15.4 Å². The fraction of sp³-hybridized carbons (Fsp3) is 0.200. The zero-order chi connectivity index (χ0) is 24.5. The van der Waals surface area contributed by atoms with E-state index < -0.39 is 15.9 Å². The Kier molecular flexibility index (Phi) is 6.63. The van der Waals surface area contributed by atoms with Gasteiger partial charge in [0.25, 0.3) is 15.9 Å². The van der Waals surface area contributed by atoms with E-state index in [1.54, 1.807) is 36.4 Å². The molecule has 0 unspecified atom stereocenters. The largest absolute Gasteiger partial charge is 0.326 e. The summed E-state index contributed by atoms with van der Waals surface area (Å²) in [6.07, 6.45) is 1.77. The van der Waals surface area contributed by atoms with Crippen LogP contribution in [0.4, 0.5) is 17.1 Å². The highest BCUT2D eigenvalue weighted by molar-refractivity contribution is 7.92. The Balaban J connectivity index is 1.52. The van der Waals surface area contributed by atoms with Crippen molar-refractivity contribution in [2.45, 2.75) is 31.6 Å². The van der Waals surface area contributed by atoms with Crippen LogP contribution in [-0.4, -0.2) is 20.2 Å². The standard InChI is InChI=1S/C25H24ClN3O4S/c1-15-6-9-20(12-16(15)2)29-34(32,33)21-10-11-23(26)22(14-21)25(31)28-19-5-3-4-18(13-19)27-24(30)17-7-8-17/h3-6,9-14,17,29H,7-8H2,1-2H3,(H,27,30)(H,28,31). The topological polar surface area (TPSA) is 104 Å².